The van der Waals surface area contributed by atoms with Crippen LogP contribution in [0.3, 0.4) is 0 Å². The third-order valence-electron chi connectivity index (χ3n) is 3.03. The molecule has 0 amide bonds. The third kappa shape index (κ3) is 3.34. The van der Waals surface area contributed by atoms with E-state index in [-0.39, 0.29) is 0 Å². The highest BCUT2D eigenvalue weighted by Gasteiger charge is 2.33. The van der Waals surface area contributed by atoms with Crippen molar-refractivity contribution in [1.82, 2.24) is 0 Å². The van der Waals surface area contributed by atoms with Gasteiger partial charge in [-0.05, 0) is 30.5 Å². The van der Waals surface area contributed by atoms with Crippen molar-refractivity contribution in [1.29, 1.82) is 0 Å². The predicted octanol–water partition coefficient (Wildman–Crippen LogP) is 4.29. The maximum Gasteiger partial charge on any atom is 0.416 e. The summed E-state index contributed by atoms with van der Waals surface area (Å²) >= 11 is 0. The van der Waals surface area contributed by atoms with Crippen LogP contribution in [-0.2, 0) is 16.4 Å². The second-order valence-electron chi connectivity index (χ2n) is 4.33. The van der Waals surface area contributed by atoms with Gasteiger partial charge in [0.1, 0.15) is 6.29 Å². The normalized spacial score (nSPS) is 11.9. The molecular weight excluding hydrogens is 253 g/mol. The fourth-order valence-corrected chi connectivity index (χ4v) is 1.99. The van der Waals surface area contributed by atoms with Gasteiger partial charge in [-0.15, -0.1) is 13.2 Å². The first-order valence-electron chi connectivity index (χ1n) is 5.75. The second-order valence-corrected chi connectivity index (χ2v) is 4.33. The van der Waals surface area contributed by atoms with Crippen molar-refractivity contribution in [3.8, 4) is 0 Å². The van der Waals surface area contributed by atoms with Gasteiger partial charge in [-0.1, -0.05) is 24.3 Å². The van der Waals surface area contributed by atoms with E-state index < -0.39 is 17.2 Å². The van der Waals surface area contributed by atoms with Crippen LogP contribution in [-0.4, -0.2) is 6.29 Å². The Kier molecular flexibility index (Phi) is 4.70. The largest absolute Gasteiger partial charge is 0.416 e. The Balaban J connectivity index is 3.20. The van der Waals surface area contributed by atoms with E-state index in [0.717, 1.165) is 18.4 Å². The molecule has 0 aliphatic heterocycles. The molecule has 0 bridgehead atoms. The van der Waals surface area contributed by atoms with E-state index in [1.54, 1.807) is 12.2 Å². The van der Waals surface area contributed by atoms with Gasteiger partial charge in [0.25, 0.3) is 0 Å². The first-order chi connectivity index (χ1) is 8.89. The fourth-order valence-electron chi connectivity index (χ4n) is 1.99. The number of hydrogen-bond acceptors (Lipinski definition) is 1. The monoisotopic (exact) mass is 268 g/mol. The topological polar surface area (TPSA) is 17.1 Å². The summed E-state index contributed by atoms with van der Waals surface area (Å²) in [5.41, 5.74) is -1.07. The number of carbonyl (C=O) groups is 1. The molecule has 0 heterocycles. The molecule has 0 radical (unpaired) electrons. The van der Waals surface area contributed by atoms with E-state index in [4.69, 9.17) is 0 Å². The van der Waals surface area contributed by atoms with Crippen LogP contribution in [0.25, 0.3) is 0 Å². The maximum atomic E-state index is 12.5. The lowest BCUT2D eigenvalue weighted by molar-refractivity contribution is -0.137. The van der Waals surface area contributed by atoms with Crippen molar-refractivity contribution in [3.05, 3.63) is 60.7 Å². The van der Waals surface area contributed by atoms with Gasteiger partial charge in [-0.3, -0.25) is 0 Å². The Labute approximate surface area is 110 Å². The van der Waals surface area contributed by atoms with E-state index in [9.17, 15) is 18.0 Å². The maximum absolute atomic E-state index is 12.5. The summed E-state index contributed by atoms with van der Waals surface area (Å²) < 4.78 is 37.5. The van der Waals surface area contributed by atoms with Gasteiger partial charge >= 0.3 is 6.18 Å². The number of rotatable bonds is 6. The first-order valence-corrected chi connectivity index (χ1v) is 5.75. The summed E-state index contributed by atoms with van der Waals surface area (Å²) in [5.74, 6) is 0. The molecule has 1 aromatic rings. The van der Waals surface area contributed by atoms with Gasteiger partial charge < -0.3 is 4.79 Å². The van der Waals surface area contributed by atoms with Crippen LogP contribution in [0.1, 0.15) is 24.0 Å². The summed E-state index contributed by atoms with van der Waals surface area (Å²) in [5, 5.41) is 0. The Morgan fingerprint density at radius 1 is 0.947 bits per heavy atom. The quantitative estimate of drug-likeness (QED) is 0.555. The highest BCUT2D eigenvalue weighted by molar-refractivity contribution is 5.69. The van der Waals surface area contributed by atoms with Gasteiger partial charge in [0.15, 0.2) is 0 Å². The van der Waals surface area contributed by atoms with Crippen molar-refractivity contribution < 1.29 is 18.0 Å². The fraction of sp³-hybridized carbons (Fsp3) is 0.267. The lowest BCUT2D eigenvalue weighted by Gasteiger charge is -2.26. The number of alkyl halides is 3. The number of halogens is 3. The molecule has 0 N–H and O–H groups in total. The molecule has 1 nitrogen and oxygen atoms in total. The van der Waals surface area contributed by atoms with Gasteiger partial charge in [0.2, 0.25) is 0 Å². The van der Waals surface area contributed by atoms with E-state index in [1.807, 2.05) is 0 Å². The predicted molar refractivity (Wildman–Crippen MR) is 68.8 cm³/mol. The molecule has 0 saturated heterocycles. The SMILES string of the molecule is C=CCC(C=O)(CC=C)c1ccc(C(F)(F)F)cc1. The molecule has 0 spiro atoms. The van der Waals surface area contributed by atoms with E-state index in [2.05, 4.69) is 13.2 Å². The highest BCUT2D eigenvalue weighted by Crippen LogP contribution is 2.34. The number of hydrogen-bond donors (Lipinski definition) is 0. The van der Waals surface area contributed by atoms with Crippen molar-refractivity contribution in [2.45, 2.75) is 24.4 Å². The summed E-state index contributed by atoms with van der Waals surface area (Å²) in [7, 11) is 0. The van der Waals surface area contributed by atoms with Crippen LogP contribution in [0.5, 0.6) is 0 Å². The van der Waals surface area contributed by atoms with E-state index in [0.29, 0.717) is 18.4 Å². The van der Waals surface area contributed by atoms with Crippen molar-refractivity contribution >= 4 is 6.29 Å². The summed E-state index contributed by atoms with van der Waals surface area (Å²) in [6, 6.07) is 4.65. The summed E-state index contributed by atoms with van der Waals surface area (Å²) in [4.78, 5) is 11.4. The number of aldehydes is 1. The average molecular weight is 268 g/mol. The smallest absolute Gasteiger partial charge is 0.302 e. The van der Waals surface area contributed by atoms with Crippen LogP contribution in [0, 0.1) is 0 Å². The lowest BCUT2D eigenvalue weighted by atomic mass is 9.76. The van der Waals surface area contributed by atoms with Gasteiger partial charge in [-0.2, -0.15) is 13.2 Å². The van der Waals surface area contributed by atoms with Gasteiger partial charge in [0.05, 0.1) is 11.0 Å². The molecule has 0 aliphatic carbocycles. The molecule has 0 aromatic heterocycles. The van der Waals surface area contributed by atoms with Gasteiger partial charge in [-0.25, -0.2) is 0 Å². The molecule has 0 aliphatic rings. The molecule has 19 heavy (non-hydrogen) atoms. The lowest BCUT2D eigenvalue weighted by Crippen LogP contribution is -2.27. The minimum atomic E-state index is -4.38. The molecule has 1 aromatic carbocycles. The van der Waals surface area contributed by atoms with E-state index >= 15 is 0 Å². The first kappa shape index (κ1) is 15.2. The number of benzene rings is 1. The minimum Gasteiger partial charge on any atom is -0.302 e. The zero-order valence-electron chi connectivity index (χ0n) is 10.4. The van der Waals surface area contributed by atoms with Crippen LogP contribution in [0.2, 0.25) is 0 Å². The molecule has 4 heteroatoms. The molecule has 0 atom stereocenters. The number of allylic oxidation sites excluding steroid dienone is 2. The van der Waals surface area contributed by atoms with Crippen LogP contribution < -0.4 is 0 Å². The number of carbonyl (C=O) groups excluding carboxylic acids is 1. The Morgan fingerprint density at radius 3 is 1.68 bits per heavy atom. The van der Waals surface area contributed by atoms with Crippen molar-refractivity contribution in [2.24, 2.45) is 0 Å². The zero-order chi connectivity index (χ0) is 14.5. The standard InChI is InChI=1S/C15H15F3O/c1-3-9-14(11-19,10-4-2)12-5-7-13(8-6-12)15(16,17)18/h3-8,11H,1-2,9-10H2. The van der Waals surface area contributed by atoms with E-state index in [1.165, 1.54) is 12.1 Å². The Morgan fingerprint density at radius 2 is 1.37 bits per heavy atom. The molecular formula is C15H15F3O. The van der Waals surface area contributed by atoms with Crippen LogP contribution in [0.4, 0.5) is 13.2 Å². The summed E-state index contributed by atoms with van der Waals surface area (Å²) in [6.07, 6.45) is 0.241. The van der Waals surface area contributed by atoms with Crippen LogP contribution in [0.15, 0.2) is 49.6 Å². The van der Waals surface area contributed by atoms with Gasteiger partial charge in [0, 0.05) is 0 Å². The second kappa shape index (κ2) is 5.87. The molecule has 0 unspecified atom stereocenters. The average Bonchev–Trinajstić information content (AvgIpc) is 2.37. The zero-order valence-corrected chi connectivity index (χ0v) is 10.4. The summed E-state index contributed by atoms with van der Waals surface area (Å²) in [6.45, 7) is 7.17. The molecule has 102 valence electrons. The molecule has 0 fully saturated rings. The minimum absolute atomic E-state index is 0.355. The Bertz CT molecular complexity index is 447. The highest BCUT2D eigenvalue weighted by atomic mass is 19.4. The molecule has 0 saturated carbocycles. The van der Waals surface area contributed by atoms with Crippen molar-refractivity contribution in [2.75, 3.05) is 0 Å². The van der Waals surface area contributed by atoms with Crippen LogP contribution >= 0.6 is 0 Å². The van der Waals surface area contributed by atoms with Crippen molar-refractivity contribution in [3.63, 3.8) is 0 Å². The third-order valence-corrected chi connectivity index (χ3v) is 3.03. The Hall–Kier alpha value is -1.84. The molecule has 1 rings (SSSR count).